The molecule has 0 fully saturated rings. The first-order valence-corrected chi connectivity index (χ1v) is 12.4. The number of rotatable bonds is 9. The highest BCUT2D eigenvalue weighted by Crippen LogP contribution is 2.21. The number of likely N-dealkylation sites (N-methyl/N-ethyl adjacent to an activating group) is 2. The molecule has 3 aromatic carbocycles. The van der Waals surface area contributed by atoms with Crippen molar-refractivity contribution in [2.45, 2.75) is 58.6 Å². The molecule has 0 heterocycles. The van der Waals surface area contributed by atoms with E-state index in [0.717, 1.165) is 29.2 Å². The summed E-state index contributed by atoms with van der Waals surface area (Å²) in [6.45, 7) is 8.42. The van der Waals surface area contributed by atoms with Crippen molar-refractivity contribution in [1.29, 1.82) is 0 Å². The third-order valence-electron chi connectivity index (χ3n) is 6.05. The van der Waals surface area contributed by atoms with E-state index in [1.807, 2.05) is 71.1 Å². The predicted molar refractivity (Wildman–Crippen MR) is 142 cm³/mol. The van der Waals surface area contributed by atoms with Crippen LogP contribution in [-0.4, -0.2) is 53.6 Å². The van der Waals surface area contributed by atoms with Crippen LogP contribution in [0.15, 0.2) is 72.8 Å². The Morgan fingerprint density at radius 2 is 1.54 bits per heavy atom. The molecule has 5 nitrogen and oxygen atoms in total. The van der Waals surface area contributed by atoms with E-state index in [4.69, 9.17) is 4.74 Å². The maximum Gasteiger partial charge on any atom is 0.410 e. The van der Waals surface area contributed by atoms with Crippen LogP contribution in [0.1, 0.15) is 45.2 Å². The van der Waals surface area contributed by atoms with Gasteiger partial charge >= 0.3 is 6.09 Å². The molecule has 0 aliphatic rings. The third kappa shape index (κ3) is 7.57. The van der Waals surface area contributed by atoms with E-state index in [0.29, 0.717) is 19.5 Å². The fourth-order valence-electron chi connectivity index (χ4n) is 4.25. The Morgan fingerprint density at radius 3 is 2.20 bits per heavy atom. The normalized spacial score (nSPS) is 12.3. The van der Waals surface area contributed by atoms with E-state index >= 15 is 0 Å². The molecule has 35 heavy (non-hydrogen) atoms. The minimum Gasteiger partial charge on any atom is -0.444 e. The average molecular weight is 475 g/mol. The summed E-state index contributed by atoms with van der Waals surface area (Å²) in [5.74, 6) is -0.0704. The Kier molecular flexibility index (Phi) is 8.91. The molecular weight excluding hydrogens is 436 g/mol. The lowest BCUT2D eigenvalue weighted by Crippen LogP contribution is -2.52. The summed E-state index contributed by atoms with van der Waals surface area (Å²) in [4.78, 5) is 30.1. The van der Waals surface area contributed by atoms with Gasteiger partial charge in [0.1, 0.15) is 11.6 Å². The van der Waals surface area contributed by atoms with Crippen LogP contribution in [-0.2, 0) is 22.4 Å². The molecule has 5 heteroatoms. The van der Waals surface area contributed by atoms with Gasteiger partial charge in [-0.1, -0.05) is 72.8 Å². The largest absolute Gasteiger partial charge is 0.444 e. The van der Waals surface area contributed by atoms with Crippen molar-refractivity contribution in [1.82, 2.24) is 9.80 Å². The molecule has 0 saturated carbocycles. The van der Waals surface area contributed by atoms with Crippen molar-refractivity contribution >= 4 is 22.8 Å². The topological polar surface area (TPSA) is 49.9 Å². The van der Waals surface area contributed by atoms with Crippen molar-refractivity contribution in [2.24, 2.45) is 0 Å². The van der Waals surface area contributed by atoms with E-state index in [1.54, 1.807) is 9.80 Å². The van der Waals surface area contributed by atoms with Gasteiger partial charge in [0, 0.05) is 26.6 Å². The molecule has 3 aromatic rings. The first-order valence-electron chi connectivity index (χ1n) is 12.4. The monoisotopic (exact) mass is 474 g/mol. The van der Waals surface area contributed by atoms with Gasteiger partial charge in [-0.05, 0) is 62.4 Å². The van der Waals surface area contributed by atoms with Crippen molar-refractivity contribution in [3.05, 3.63) is 83.9 Å². The number of aryl methyl sites for hydroxylation is 1. The Balaban J connectivity index is 1.80. The van der Waals surface area contributed by atoms with Crippen LogP contribution >= 0.6 is 0 Å². The lowest BCUT2D eigenvalue weighted by Gasteiger charge is -2.34. The molecule has 0 radical (unpaired) electrons. The molecule has 0 bridgehead atoms. The molecule has 3 rings (SSSR count). The van der Waals surface area contributed by atoms with Gasteiger partial charge in [0.15, 0.2) is 0 Å². The van der Waals surface area contributed by atoms with Gasteiger partial charge < -0.3 is 9.64 Å². The van der Waals surface area contributed by atoms with Gasteiger partial charge in [-0.15, -0.1) is 0 Å². The smallest absolute Gasteiger partial charge is 0.410 e. The van der Waals surface area contributed by atoms with E-state index in [2.05, 4.69) is 36.4 Å². The number of nitrogens with zero attached hydrogens (tertiary/aromatic N) is 2. The lowest BCUT2D eigenvalue weighted by molar-refractivity contribution is -0.135. The molecule has 186 valence electrons. The Labute approximate surface area is 209 Å². The fraction of sp³-hybridized carbons (Fsp3) is 0.400. The van der Waals surface area contributed by atoms with Crippen LogP contribution < -0.4 is 0 Å². The first kappa shape index (κ1) is 26.3. The summed E-state index contributed by atoms with van der Waals surface area (Å²) in [7, 11) is 1.82. The molecule has 0 aliphatic heterocycles. The molecule has 0 aromatic heterocycles. The number of carbonyl (C=O) groups excluding carboxylic acids is 2. The summed E-state index contributed by atoms with van der Waals surface area (Å²) in [6, 6.07) is 24.0. The molecule has 0 spiro atoms. The summed E-state index contributed by atoms with van der Waals surface area (Å²) in [5, 5.41) is 2.27. The zero-order valence-electron chi connectivity index (χ0n) is 21.7. The Morgan fingerprint density at radius 1 is 0.886 bits per heavy atom. The van der Waals surface area contributed by atoms with E-state index in [9.17, 15) is 9.59 Å². The number of benzene rings is 3. The fourth-order valence-corrected chi connectivity index (χ4v) is 4.25. The SMILES string of the molecule is CCN(C(=O)OC(C)(C)C)[C@H](Cc1ccc2ccccc2c1)C(=O)N(C)CCCc1ccccc1. The van der Waals surface area contributed by atoms with Crippen molar-refractivity contribution in [3.63, 3.8) is 0 Å². The maximum atomic E-state index is 13.7. The highest BCUT2D eigenvalue weighted by atomic mass is 16.6. The second kappa shape index (κ2) is 11.9. The number of hydrogen-bond acceptors (Lipinski definition) is 3. The average Bonchev–Trinajstić information content (AvgIpc) is 2.83. The Bertz CT molecular complexity index is 1120. The highest BCUT2D eigenvalue weighted by Gasteiger charge is 2.33. The van der Waals surface area contributed by atoms with Crippen LogP contribution in [0.25, 0.3) is 10.8 Å². The van der Waals surface area contributed by atoms with E-state index < -0.39 is 17.7 Å². The van der Waals surface area contributed by atoms with Gasteiger partial charge in [-0.2, -0.15) is 0 Å². The third-order valence-corrected chi connectivity index (χ3v) is 6.05. The number of carbonyl (C=O) groups is 2. The van der Waals surface area contributed by atoms with Gasteiger partial charge in [-0.3, -0.25) is 9.69 Å². The summed E-state index contributed by atoms with van der Waals surface area (Å²) >= 11 is 0. The summed E-state index contributed by atoms with van der Waals surface area (Å²) < 4.78 is 5.66. The second-order valence-electron chi connectivity index (χ2n) is 10.0. The summed E-state index contributed by atoms with van der Waals surface area (Å²) in [5.41, 5.74) is 1.63. The van der Waals surface area contributed by atoms with Crippen LogP contribution in [0.5, 0.6) is 0 Å². The quantitative estimate of drug-likeness (QED) is 0.377. The van der Waals surface area contributed by atoms with E-state index in [1.165, 1.54) is 5.56 Å². The zero-order chi connectivity index (χ0) is 25.4. The Hall–Kier alpha value is -3.34. The number of ether oxygens (including phenoxy) is 1. The maximum absolute atomic E-state index is 13.7. The minimum atomic E-state index is -0.641. The summed E-state index contributed by atoms with van der Waals surface area (Å²) in [6.07, 6.45) is 1.72. The minimum absolute atomic E-state index is 0.0704. The van der Waals surface area contributed by atoms with Crippen molar-refractivity contribution in [3.8, 4) is 0 Å². The van der Waals surface area contributed by atoms with Gasteiger partial charge in [0.05, 0.1) is 0 Å². The number of hydrogen-bond donors (Lipinski definition) is 0. The van der Waals surface area contributed by atoms with Crippen LogP contribution in [0.4, 0.5) is 4.79 Å². The number of fused-ring (bicyclic) bond motifs is 1. The molecule has 0 unspecified atom stereocenters. The molecule has 0 saturated heterocycles. The highest BCUT2D eigenvalue weighted by molar-refractivity contribution is 5.87. The van der Waals surface area contributed by atoms with Gasteiger partial charge in [-0.25, -0.2) is 4.79 Å². The molecular formula is C30H38N2O3. The van der Waals surface area contributed by atoms with Crippen LogP contribution in [0.3, 0.4) is 0 Å². The molecule has 0 N–H and O–H groups in total. The van der Waals surface area contributed by atoms with Crippen molar-refractivity contribution < 1.29 is 14.3 Å². The number of amides is 2. The second-order valence-corrected chi connectivity index (χ2v) is 10.0. The first-order chi connectivity index (χ1) is 16.7. The zero-order valence-corrected chi connectivity index (χ0v) is 21.7. The predicted octanol–water partition coefficient (Wildman–Crippen LogP) is 6.10. The standard InChI is InChI=1S/C30H38N2O3/c1-6-32(29(34)35-30(2,3)4)27(22-24-18-19-25-16-10-11-17-26(25)21-24)28(33)31(5)20-12-15-23-13-8-7-9-14-23/h7-11,13-14,16-19,21,27H,6,12,15,20,22H2,1-5H3/t27-/m1/s1. The van der Waals surface area contributed by atoms with Crippen molar-refractivity contribution in [2.75, 3.05) is 20.1 Å². The molecule has 0 aliphatic carbocycles. The van der Waals surface area contributed by atoms with E-state index in [-0.39, 0.29) is 5.91 Å². The van der Waals surface area contributed by atoms with Gasteiger partial charge in [0.2, 0.25) is 5.91 Å². The molecule has 1 atom stereocenters. The van der Waals surface area contributed by atoms with Crippen LogP contribution in [0, 0.1) is 0 Å². The van der Waals surface area contributed by atoms with Gasteiger partial charge in [0.25, 0.3) is 0 Å². The molecule has 2 amide bonds. The lowest BCUT2D eigenvalue weighted by atomic mass is 10.00. The van der Waals surface area contributed by atoms with Crippen LogP contribution in [0.2, 0.25) is 0 Å².